The van der Waals surface area contributed by atoms with Crippen LogP contribution in [0.2, 0.25) is 5.02 Å². The summed E-state index contributed by atoms with van der Waals surface area (Å²) in [4.78, 5) is 30.4. The van der Waals surface area contributed by atoms with Gasteiger partial charge in [0.25, 0.3) is 5.91 Å². The van der Waals surface area contributed by atoms with Crippen molar-refractivity contribution in [3.8, 4) is 11.4 Å². The first-order valence-corrected chi connectivity index (χ1v) is 13.9. The van der Waals surface area contributed by atoms with E-state index in [0.717, 1.165) is 29.6 Å². The molecular weight excluding hydrogens is 547 g/mol. The minimum absolute atomic E-state index is 0.0540. The summed E-state index contributed by atoms with van der Waals surface area (Å²) >= 11 is 6.16. The van der Waals surface area contributed by atoms with E-state index in [1.54, 1.807) is 36.4 Å². The highest BCUT2D eigenvalue weighted by molar-refractivity contribution is 6.30. The highest BCUT2D eigenvalue weighted by Gasteiger charge is 2.34. The Labute approximate surface area is 242 Å². The Balaban J connectivity index is 1.49. The van der Waals surface area contributed by atoms with Crippen molar-refractivity contribution in [2.45, 2.75) is 44.9 Å². The van der Waals surface area contributed by atoms with Gasteiger partial charge in [-0.05, 0) is 72.0 Å². The average Bonchev–Trinajstić information content (AvgIpc) is 3.68. The monoisotopic (exact) mass is 576 g/mol. The zero-order valence-electron chi connectivity index (χ0n) is 22.5. The third-order valence-corrected chi connectivity index (χ3v) is 7.21. The van der Waals surface area contributed by atoms with Gasteiger partial charge in [0, 0.05) is 23.9 Å². The van der Waals surface area contributed by atoms with Gasteiger partial charge in [0.2, 0.25) is 11.7 Å². The molecule has 1 saturated heterocycles. The number of hydrogen-bond acceptors (Lipinski definition) is 6. The van der Waals surface area contributed by atoms with Crippen molar-refractivity contribution in [3.63, 3.8) is 0 Å². The molecule has 1 N–H and O–H groups in total. The average molecular weight is 577 g/mol. The van der Waals surface area contributed by atoms with E-state index in [1.165, 1.54) is 17.0 Å². The van der Waals surface area contributed by atoms with Crippen LogP contribution in [0, 0.1) is 5.82 Å². The maximum Gasteiger partial charge on any atom is 0.251 e. The van der Waals surface area contributed by atoms with Crippen LogP contribution in [0.3, 0.4) is 0 Å². The van der Waals surface area contributed by atoms with Crippen LogP contribution < -0.4 is 10.2 Å². The first-order chi connectivity index (χ1) is 19.9. The smallest absolute Gasteiger partial charge is 0.251 e. The molecule has 0 radical (unpaired) electrons. The molecule has 1 aromatic heterocycles. The Morgan fingerprint density at radius 3 is 2.56 bits per heavy atom. The first kappa shape index (κ1) is 28.4. The summed E-state index contributed by atoms with van der Waals surface area (Å²) in [6, 6.07) is 19.3. The van der Waals surface area contributed by atoms with Crippen molar-refractivity contribution in [2.24, 2.45) is 0 Å². The molecule has 0 unspecified atom stereocenters. The number of nitrogens with zero attached hydrogens (tertiary/aromatic N) is 5. The van der Waals surface area contributed by atoms with Crippen LogP contribution in [0.25, 0.3) is 11.4 Å². The second kappa shape index (κ2) is 13.0. The van der Waals surface area contributed by atoms with Crippen LogP contribution >= 0.6 is 11.6 Å². The molecular formula is C30H30ClFN6O3. The van der Waals surface area contributed by atoms with E-state index in [9.17, 15) is 14.0 Å². The van der Waals surface area contributed by atoms with Crippen LogP contribution in [0.4, 0.5) is 10.1 Å². The summed E-state index contributed by atoms with van der Waals surface area (Å²) < 4.78 is 20.0. The van der Waals surface area contributed by atoms with Gasteiger partial charge in [-0.25, -0.2) is 4.39 Å². The zero-order valence-corrected chi connectivity index (χ0v) is 23.3. The van der Waals surface area contributed by atoms with Crippen molar-refractivity contribution >= 4 is 29.1 Å². The van der Waals surface area contributed by atoms with Gasteiger partial charge in [0.15, 0.2) is 0 Å². The van der Waals surface area contributed by atoms with E-state index in [2.05, 4.69) is 20.7 Å². The molecule has 2 atom stereocenters. The maximum atomic E-state index is 14.3. The highest BCUT2D eigenvalue weighted by Crippen LogP contribution is 2.30. The summed E-state index contributed by atoms with van der Waals surface area (Å²) in [5, 5.41) is 15.6. The summed E-state index contributed by atoms with van der Waals surface area (Å²) in [6.07, 6.45) is 2.54. The molecule has 0 aliphatic carbocycles. The molecule has 41 heavy (non-hydrogen) atoms. The number of carbonyl (C=O) groups is 2. The molecule has 0 bridgehead atoms. The Morgan fingerprint density at radius 2 is 1.88 bits per heavy atom. The van der Waals surface area contributed by atoms with E-state index in [4.69, 9.17) is 16.3 Å². The Hall–Kier alpha value is -4.15. The number of ether oxygens (including phenoxy) is 1. The summed E-state index contributed by atoms with van der Waals surface area (Å²) in [5.74, 6) is -1.27. The second-order valence-corrected chi connectivity index (χ2v) is 10.2. The fourth-order valence-corrected chi connectivity index (χ4v) is 4.89. The lowest BCUT2D eigenvalue weighted by Gasteiger charge is -2.32. The number of amides is 2. The number of tetrazole rings is 1. The molecule has 2 heterocycles. The number of rotatable bonds is 10. The van der Waals surface area contributed by atoms with E-state index in [1.807, 2.05) is 31.2 Å². The molecule has 11 heteroatoms. The summed E-state index contributed by atoms with van der Waals surface area (Å²) in [7, 11) is 0. The predicted molar refractivity (Wildman–Crippen MR) is 153 cm³/mol. The Bertz CT molecular complexity index is 1490. The number of nitrogens with one attached hydrogen (secondary N) is 1. The van der Waals surface area contributed by atoms with Gasteiger partial charge >= 0.3 is 0 Å². The third kappa shape index (κ3) is 6.78. The number of aromatic nitrogens is 4. The zero-order chi connectivity index (χ0) is 28.8. The second-order valence-electron chi connectivity index (χ2n) is 9.74. The van der Waals surface area contributed by atoms with Gasteiger partial charge in [-0.2, -0.15) is 4.80 Å². The van der Waals surface area contributed by atoms with Crippen molar-refractivity contribution < 1.29 is 18.7 Å². The quantitative estimate of drug-likeness (QED) is 0.292. The normalized spacial score (nSPS) is 15.4. The van der Waals surface area contributed by atoms with Gasteiger partial charge < -0.3 is 10.1 Å². The number of carbonyl (C=O) groups excluding carboxylic acids is 2. The molecule has 4 aromatic rings. The van der Waals surface area contributed by atoms with E-state index in [0.29, 0.717) is 29.4 Å². The van der Waals surface area contributed by atoms with Crippen molar-refractivity contribution in [3.05, 3.63) is 94.8 Å². The SMILES string of the molecule is CCc1ccc(N(C(=O)Cn2nnc(-c3ccccc3F)n2)[C@H](C(=O)NC[C@H]2CCCO2)c2ccc(Cl)cc2)cc1. The molecule has 0 spiro atoms. The molecule has 3 aromatic carbocycles. The molecule has 5 rings (SSSR count). The van der Waals surface area contributed by atoms with Crippen LogP contribution in [-0.2, 0) is 27.3 Å². The summed E-state index contributed by atoms with van der Waals surface area (Å²) in [6.45, 7) is 2.70. The van der Waals surface area contributed by atoms with Crippen LogP contribution in [0.5, 0.6) is 0 Å². The van der Waals surface area contributed by atoms with Gasteiger partial charge in [0.05, 0.1) is 11.7 Å². The maximum absolute atomic E-state index is 14.3. The summed E-state index contributed by atoms with van der Waals surface area (Å²) in [5.41, 5.74) is 2.35. The van der Waals surface area contributed by atoms with E-state index >= 15 is 0 Å². The topological polar surface area (TPSA) is 102 Å². The standard InChI is InChI=1S/C30H30ClFN6O3/c1-2-20-9-15-23(16-10-20)38(27(39)19-37-35-29(34-36-37)25-7-3-4-8-26(25)32)28(21-11-13-22(31)14-12-21)30(40)33-18-24-6-5-17-41-24/h3-4,7-16,24,28H,2,5-6,17-19H2,1H3,(H,33,40)/t24-,28+/m1/s1. The van der Waals surface area contributed by atoms with Gasteiger partial charge in [-0.3, -0.25) is 14.5 Å². The highest BCUT2D eigenvalue weighted by atomic mass is 35.5. The lowest BCUT2D eigenvalue weighted by atomic mass is 10.0. The molecule has 2 amide bonds. The number of aryl methyl sites for hydroxylation is 1. The molecule has 1 fully saturated rings. The van der Waals surface area contributed by atoms with E-state index in [-0.39, 0.29) is 29.9 Å². The minimum atomic E-state index is -1.02. The number of anilines is 1. The largest absolute Gasteiger partial charge is 0.376 e. The van der Waals surface area contributed by atoms with Gasteiger partial charge in [-0.1, -0.05) is 54.9 Å². The minimum Gasteiger partial charge on any atom is -0.376 e. The molecule has 1 aliphatic rings. The van der Waals surface area contributed by atoms with Gasteiger partial charge in [0.1, 0.15) is 18.4 Å². The lowest BCUT2D eigenvalue weighted by Crippen LogP contribution is -2.46. The van der Waals surface area contributed by atoms with Gasteiger partial charge in [-0.15, -0.1) is 10.2 Å². The molecule has 1 aliphatic heterocycles. The van der Waals surface area contributed by atoms with Crippen molar-refractivity contribution in [1.82, 2.24) is 25.5 Å². The molecule has 9 nitrogen and oxygen atoms in total. The Morgan fingerprint density at radius 1 is 1.12 bits per heavy atom. The Kier molecular flexibility index (Phi) is 9.01. The fourth-order valence-electron chi connectivity index (χ4n) is 4.77. The van der Waals surface area contributed by atoms with E-state index < -0.39 is 17.8 Å². The van der Waals surface area contributed by atoms with Crippen molar-refractivity contribution in [2.75, 3.05) is 18.1 Å². The molecule has 212 valence electrons. The number of hydrogen-bond donors (Lipinski definition) is 1. The van der Waals surface area contributed by atoms with Crippen LogP contribution in [0.15, 0.2) is 72.8 Å². The lowest BCUT2D eigenvalue weighted by molar-refractivity contribution is -0.127. The number of benzene rings is 3. The first-order valence-electron chi connectivity index (χ1n) is 13.5. The van der Waals surface area contributed by atoms with Crippen molar-refractivity contribution in [1.29, 1.82) is 0 Å². The third-order valence-electron chi connectivity index (χ3n) is 6.96. The van der Waals surface area contributed by atoms with Crippen LogP contribution in [-0.4, -0.2) is 51.3 Å². The molecule has 0 saturated carbocycles. The predicted octanol–water partition coefficient (Wildman–Crippen LogP) is 4.76. The fraction of sp³-hybridized carbons (Fsp3) is 0.300. The van der Waals surface area contributed by atoms with Crippen LogP contribution in [0.1, 0.15) is 36.9 Å². The number of halogens is 2.